The number of carbonyl (C=O) groups excluding carboxylic acids is 2. The van der Waals surface area contributed by atoms with Gasteiger partial charge in [-0.2, -0.15) is 0 Å². The third-order valence-electron chi connectivity index (χ3n) is 3.05. The molecule has 0 unspecified atom stereocenters. The highest BCUT2D eigenvalue weighted by atomic mass is 32.2. The van der Waals surface area contributed by atoms with Gasteiger partial charge in [0.2, 0.25) is 0 Å². The summed E-state index contributed by atoms with van der Waals surface area (Å²) in [7, 11) is 0. The smallest absolute Gasteiger partial charge is 0.415 e. The third kappa shape index (κ3) is 3.11. The fraction of sp³-hybridized carbons (Fsp3) is 0. The Balaban J connectivity index is 1.99. The van der Waals surface area contributed by atoms with Gasteiger partial charge in [0.25, 0.3) is 11.1 Å². The fourth-order valence-corrected chi connectivity index (χ4v) is 2.70. The van der Waals surface area contributed by atoms with Gasteiger partial charge >= 0.3 is 6.09 Å². The number of rotatable bonds is 2. The van der Waals surface area contributed by atoms with E-state index in [0.717, 1.165) is 16.7 Å². The van der Waals surface area contributed by atoms with Crippen LogP contribution in [0.2, 0.25) is 0 Å². The van der Waals surface area contributed by atoms with E-state index in [0.29, 0.717) is 16.9 Å². The zero-order valence-electron chi connectivity index (χ0n) is 11.6. The fourth-order valence-electron chi connectivity index (χ4n) is 2.03. The normalized spacial score (nSPS) is 18.7. The van der Waals surface area contributed by atoms with Crippen LogP contribution in [-0.4, -0.2) is 27.2 Å². The molecule has 0 atom stereocenters. The van der Waals surface area contributed by atoms with Gasteiger partial charge in [-0.05, 0) is 23.4 Å². The summed E-state index contributed by atoms with van der Waals surface area (Å²) in [6.07, 6.45) is 4.27. The number of carbonyl (C=O) groups is 3. The second-order valence-corrected chi connectivity index (χ2v) is 5.54. The van der Waals surface area contributed by atoms with Crippen molar-refractivity contribution in [1.82, 2.24) is 10.2 Å². The van der Waals surface area contributed by atoms with E-state index in [-0.39, 0.29) is 4.91 Å². The SMILES string of the molecule is O=C1NC(=O)C(=Cc2ccccc2C2=CN(C(=O)O)C=CO2)S1. The molecule has 0 spiro atoms. The molecule has 3 amide bonds. The Morgan fingerprint density at radius 1 is 1.30 bits per heavy atom. The van der Waals surface area contributed by atoms with Crippen molar-refractivity contribution in [3.63, 3.8) is 0 Å². The van der Waals surface area contributed by atoms with Gasteiger partial charge in [0.15, 0.2) is 5.76 Å². The average Bonchev–Trinajstić information content (AvgIpc) is 2.85. The molecule has 3 rings (SSSR count). The first-order valence-electron chi connectivity index (χ1n) is 6.45. The molecule has 2 aliphatic heterocycles. The van der Waals surface area contributed by atoms with Gasteiger partial charge in [0.1, 0.15) is 6.26 Å². The van der Waals surface area contributed by atoms with Crippen molar-refractivity contribution in [2.75, 3.05) is 0 Å². The first kappa shape index (κ1) is 14.9. The van der Waals surface area contributed by atoms with Crippen molar-refractivity contribution in [2.24, 2.45) is 0 Å². The predicted octanol–water partition coefficient (Wildman–Crippen LogP) is 2.79. The maximum Gasteiger partial charge on any atom is 0.415 e. The lowest BCUT2D eigenvalue weighted by Crippen LogP contribution is -2.20. The zero-order chi connectivity index (χ0) is 16.4. The molecule has 0 aliphatic carbocycles. The second kappa shape index (κ2) is 6.01. The zero-order valence-corrected chi connectivity index (χ0v) is 12.4. The minimum Gasteiger partial charge on any atom is -0.464 e. The lowest BCUT2D eigenvalue weighted by atomic mass is 10.1. The molecule has 1 aromatic rings. The van der Waals surface area contributed by atoms with E-state index in [4.69, 9.17) is 9.84 Å². The largest absolute Gasteiger partial charge is 0.464 e. The van der Waals surface area contributed by atoms with Gasteiger partial charge in [-0.25, -0.2) is 4.79 Å². The number of hydrogen-bond donors (Lipinski definition) is 2. The topological polar surface area (TPSA) is 95.9 Å². The first-order chi connectivity index (χ1) is 11.0. The van der Waals surface area contributed by atoms with Crippen LogP contribution in [0.25, 0.3) is 11.8 Å². The first-order valence-corrected chi connectivity index (χ1v) is 7.27. The number of ether oxygens (including phenoxy) is 1. The number of carboxylic acid groups (broad SMARTS) is 1. The molecule has 2 N–H and O–H groups in total. The molecular weight excluding hydrogens is 320 g/mol. The molecular formula is C15H10N2O5S. The minimum atomic E-state index is -1.14. The van der Waals surface area contributed by atoms with Gasteiger partial charge in [0.05, 0.1) is 17.3 Å². The Hall–Kier alpha value is -3.00. The number of imide groups is 1. The molecule has 7 nitrogen and oxygen atoms in total. The maximum atomic E-state index is 11.7. The monoisotopic (exact) mass is 330 g/mol. The summed E-state index contributed by atoms with van der Waals surface area (Å²) in [6.45, 7) is 0. The highest BCUT2D eigenvalue weighted by Crippen LogP contribution is 2.30. The number of amides is 3. The summed E-state index contributed by atoms with van der Waals surface area (Å²) in [5.74, 6) is -0.141. The molecule has 0 aromatic heterocycles. The van der Waals surface area contributed by atoms with Gasteiger partial charge in [-0.3, -0.25) is 19.8 Å². The van der Waals surface area contributed by atoms with E-state index >= 15 is 0 Å². The van der Waals surface area contributed by atoms with Crippen LogP contribution in [0.5, 0.6) is 0 Å². The number of thioether (sulfide) groups is 1. The molecule has 1 fully saturated rings. The minimum absolute atomic E-state index is 0.268. The van der Waals surface area contributed by atoms with E-state index in [1.54, 1.807) is 30.3 Å². The third-order valence-corrected chi connectivity index (χ3v) is 3.86. The Kier molecular flexibility index (Phi) is 3.90. The van der Waals surface area contributed by atoms with E-state index in [1.165, 1.54) is 18.7 Å². The maximum absolute atomic E-state index is 11.7. The number of benzene rings is 1. The average molecular weight is 330 g/mol. The molecule has 8 heteroatoms. The van der Waals surface area contributed by atoms with Crippen molar-refractivity contribution in [1.29, 1.82) is 0 Å². The summed E-state index contributed by atoms with van der Waals surface area (Å²) in [4.78, 5) is 35.2. The Morgan fingerprint density at radius 3 is 2.78 bits per heavy atom. The molecule has 1 saturated heterocycles. The lowest BCUT2D eigenvalue weighted by Gasteiger charge is -2.18. The second-order valence-electron chi connectivity index (χ2n) is 4.53. The molecule has 1 aromatic carbocycles. The van der Waals surface area contributed by atoms with Crippen LogP contribution in [0.15, 0.2) is 47.8 Å². The highest BCUT2D eigenvalue weighted by molar-refractivity contribution is 8.18. The Bertz CT molecular complexity index is 797. The number of nitrogens with one attached hydrogen (secondary N) is 1. The van der Waals surface area contributed by atoms with E-state index in [2.05, 4.69) is 5.32 Å². The standard InChI is InChI=1S/C15H10N2O5S/c18-13-12(23-14(19)16-13)7-9-3-1-2-4-10(9)11-8-17(15(20)21)5-6-22-11/h1-8H,(H,20,21)(H,16,18,19). The Labute approximate surface area is 134 Å². The summed E-state index contributed by atoms with van der Waals surface area (Å²) in [5, 5.41) is 10.8. The summed E-state index contributed by atoms with van der Waals surface area (Å²) in [5.41, 5.74) is 1.23. The molecule has 0 radical (unpaired) electrons. The molecule has 0 saturated carbocycles. The van der Waals surface area contributed by atoms with Crippen LogP contribution in [0.1, 0.15) is 11.1 Å². The van der Waals surface area contributed by atoms with Gasteiger partial charge in [-0.1, -0.05) is 24.3 Å². The molecule has 2 aliphatic rings. The number of hydrogen-bond acceptors (Lipinski definition) is 5. The van der Waals surface area contributed by atoms with Crippen LogP contribution in [-0.2, 0) is 9.53 Å². The summed E-state index contributed by atoms with van der Waals surface area (Å²) in [6, 6.07) is 7.00. The van der Waals surface area contributed by atoms with Crippen LogP contribution in [0.3, 0.4) is 0 Å². The van der Waals surface area contributed by atoms with Crippen molar-refractivity contribution >= 4 is 40.8 Å². The summed E-state index contributed by atoms with van der Waals surface area (Å²) < 4.78 is 5.37. The van der Waals surface area contributed by atoms with Gasteiger partial charge in [-0.15, -0.1) is 0 Å². The molecule has 0 bridgehead atoms. The van der Waals surface area contributed by atoms with Crippen molar-refractivity contribution < 1.29 is 24.2 Å². The summed E-state index contributed by atoms with van der Waals surface area (Å²) >= 11 is 0.812. The Morgan fingerprint density at radius 2 is 2.09 bits per heavy atom. The van der Waals surface area contributed by atoms with Crippen LogP contribution in [0, 0.1) is 0 Å². The highest BCUT2D eigenvalue weighted by Gasteiger charge is 2.25. The number of nitrogens with zero attached hydrogens (tertiary/aromatic N) is 1. The van der Waals surface area contributed by atoms with Crippen LogP contribution >= 0.6 is 11.8 Å². The van der Waals surface area contributed by atoms with Crippen LogP contribution < -0.4 is 5.32 Å². The lowest BCUT2D eigenvalue weighted by molar-refractivity contribution is -0.115. The predicted molar refractivity (Wildman–Crippen MR) is 83.6 cm³/mol. The van der Waals surface area contributed by atoms with Crippen molar-refractivity contribution in [3.8, 4) is 0 Å². The van der Waals surface area contributed by atoms with Crippen LogP contribution in [0.4, 0.5) is 9.59 Å². The quantitative estimate of drug-likeness (QED) is 0.810. The molecule has 116 valence electrons. The van der Waals surface area contributed by atoms with Crippen molar-refractivity contribution in [2.45, 2.75) is 0 Å². The van der Waals surface area contributed by atoms with Gasteiger partial charge in [0, 0.05) is 5.56 Å². The molecule has 2 heterocycles. The van der Waals surface area contributed by atoms with E-state index in [1.807, 2.05) is 0 Å². The van der Waals surface area contributed by atoms with Crippen molar-refractivity contribution in [3.05, 3.63) is 59.0 Å². The molecule has 23 heavy (non-hydrogen) atoms. The van der Waals surface area contributed by atoms with Gasteiger partial charge < -0.3 is 9.84 Å². The van der Waals surface area contributed by atoms with E-state index < -0.39 is 17.2 Å². The van der Waals surface area contributed by atoms with E-state index in [9.17, 15) is 14.4 Å².